The summed E-state index contributed by atoms with van der Waals surface area (Å²) in [6, 6.07) is -1.14. The largest absolute Gasteiger partial charge is 0.341 e. The van der Waals surface area contributed by atoms with Crippen molar-refractivity contribution in [3.63, 3.8) is 0 Å². The fourth-order valence-electron chi connectivity index (χ4n) is 1.30. The minimum absolute atomic E-state index is 0.440. The van der Waals surface area contributed by atoms with Gasteiger partial charge in [0, 0.05) is 13.2 Å². The topological polar surface area (TPSA) is 115 Å². The van der Waals surface area contributed by atoms with Crippen LogP contribution < -0.4 is 16.4 Å². The van der Waals surface area contributed by atoms with Crippen LogP contribution >= 0.6 is 0 Å². The van der Waals surface area contributed by atoms with E-state index in [1.807, 2.05) is 0 Å². The molecule has 100 valence electrons. The van der Waals surface area contributed by atoms with Crippen molar-refractivity contribution in [3.8, 4) is 0 Å². The third kappa shape index (κ3) is 3.81. The molecule has 0 bridgehead atoms. The summed E-state index contributed by atoms with van der Waals surface area (Å²) in [6.45, 7) is 2.22. The highest BCUT2D eigenvalue weighted by atomic mass is 16.2. The average Bonchev–Trinajstić information content (AvgIpc) is 2.83. The molecule has 8 heteroatoms. The second-order valence-corrected chi connectivity index (χ2v) is 3.83. The van der Waals surface area contributed by atoms with Crippen LogP contribution in [0, 0.1) is 0 Å². The highest BCUT2D eigenvalue weighted by Gasteiger charge is 2.18. The Bertz CT molecular complexity index is 416. The molecular weight excluding hydrogens is 236 g/mol. The van der Waals surface area contributed by atoms with Crippen LogP contribution in [0.2, 0.25) is 0 Å². The van der Waals surface area contributed by atoms with E-state index in [1.54, 1.807) is 13.1 Å². The van der Waals surface area contributed by atoms with Gasteiger partial charge in [-0.3, -0.25) is 10.1 Å². The van der Waals surface area contributed by atoms with E-state index in [-0.39, 0.29) is 0 Å². The molecule has 1 rings (SSSR count). The third-order valence-electron chi connectivity index (χ3n) is 2.43. The van der Waals surface area contributed by atoms with Gasteiger partial charge in [0.25, 0.3) is 5.91 Å². The second-order valence-electron chi connectivity index (χ2n) is 3.83. The highest BCUT2D eigenvalue weighted by molar-refractivity contribution is 5.95. The first kappa shape index (κ1) is 14.1. The summed E-state index contributed by atoms with van der Waals surface area (Å²) >= 11 is 0. The summed E-state index contributed by atoms with van der Waals surface area (Å²) in [5, 5.41) is 12.3. The number of nitrogens with two attached hydrogens (primary N) is 1. The lowest BCUT2D eigenvalue weighted by Crippen LogP contribution is -2.40. The normalized spacial score (nSPS) is 11.9. The maximum absolute atomic E-state index is 11.7. The standard InChI is InChI=1S/C10H18N6O2/c1-7(9(17)13-10(18)12-2)16-6-8(14-15-16)4-3-5-11/h6-7H,3-5,11H2,1-2H3,(H2,12,13,17,18). The Labute approximate surface area is 105 Å². The molecule has 1 aromatic heterocycles. The van der Waals surface area contributed by atoms with Crippen molar-refractivity contribution in [3.05, 3.63) is 11.9 Å². The Hall–Kier alpha value is -1.96. The highest BCUT2D eigenvalue weighted by Crippen LogP contribution is 2.05. The Morgan fingerprint density at radius 3 is 2.89 bits per heavy atom. The summed E-state index contributed by atoms with van der Waals surface area (Å²) < 4.78 is 1.42. The Kier molecular flexibility index (Phi) is 5.25. The Morgan fingerprint density at radius 2 is 2.28 bits per heavy atom. The molecule has 8 nitrogen and oxygen atoms in total. The zero-order valence-corrected chi connectivity index (χ0v) is 10.5. The molecule has 0 aliphatic rings. The van der Waals surface area contributed by atoms with Crippen LogP contribution in [0.25, 0.3) is 0 Å². The van der Waals surface area contributed by atoms with Crippen molar-refractivity contribution in [2.24, 2.45) is 5.73 Å². The number of nitrogens with zero attached hydrogens (tertiary/aromatic N) is 3. The van der Waals surface area contributed by atoms with Gasteiger partial charge in [-0.25, -0.2) is 9.48 Å². The summed E-state index contributed by atoms with van der Waals surface area (Å²) in [5.74, 6) is -0.440. The van der Waals surface area contributed by atoms with Crippen LogP contribution in [0.15, 0.2) is 6.20 Å². The number of carbonyl (C=O) groups is 2. The van der Waals surface area contributed by atoms with Crippen molar-refractivity contribution >= 4 is 11.9 Å². The molecule has 0 fully saturated rings. The number of imide groups is 1. The molecule has 18 heavy (non-hydrogen) atoms. The van der Waals surface area contributed by atoms with Crippen molar-refractivity contribution in [1.82, 2.24) is 25.6 Å². The fourth-order valence-corrected chi connectivity index (χ4v) is 1.30. The predicted octanol–water partition coefficient (Wildman–Crippen LogP) is -0.814. The molecule has 0 aromatic carbocycles. The molecule has 0 radical (unpaired) electrons. The SMILES string of the molecule is CNC(=O)NC(=O)C(C)n1cc(CCCN)nn1. The van der Waals surface area contributed by atoms with Crippen molar-refractivity contribution in [2.75, 3.05) is 13.6 Å². The number of hydrogen-bond acceptors (Lipinski definition) is 5. The van der Waals surface area contributed by atoms with Gasteiger partial charge in [-0.05, 0) is 26.3 Å². The molecular formula is C10H18N6O2. The van der Waals surface area contributed by atoms with Gasteiger partial charge < -0.3 is 11.1 Å². The van der Waals surface area contributed by atoms with E-state index in [1.165, 1.54) is 11.7 Å². The van der Waals surface area contributed by atoms with E-state index >= 15 is 0 Å². The van der Waals surface area contributed by atoms with Gasteiger partial charge in [0.15, 0.2) is 0 Å². The smallest absolute Gasteiger partial charge is 0.321 e. The summed E-state index contributed by atoms with van der Waals surface area (Å²) in [5.41, 5.74) is 6.18. The van der Waals surface area contributed by atoms with Gasteiger partial charge in [-0.15, -0.1) is 5.10 Å². The minimum Gasteiger partial charge on any atom is -0.341 e. The van der Waals surface area contributed by atoms with E-state index in [0.717, 1.165) is 18.5 Å². The van der Waals surface area contributed by atoms with E-state index in [9.17, 15) is 9.59 Å². The van der Waals surface area contributed by atoms with Gasteiger partial charge in [0.1, 0.15) is 6.04 Å². The number of aryl methyl sites for hydroxylation is 1. The Morgan fingerprint density at radius 1 is 1.56 bits per heavy atom. The van der Waals surface area contributed by atoms with Crippen LogP contribution in [0.3, 0.4) is 0 Å². The van der Waals surface area contributed by atoms with Crippen LogP contribution in [-0.4, -0.2) is 40.5 Å². The fraction of sp³-hybridized carbons (Fsp3) is 0.600. The minimum atomic E-state index is -0.596. The molecule has 0 aliphatic heterocycles. The zero-order chi connectivity index (χ0) is 13.5. The van der Waals surface area contributed by atoms with Crippen molar-refractivity contribution < 1.29 is 9.59 Å². The molecule has 4 N–H and O–H groups in total. The number of amides is 3. The third-order valence-corrected chi connectivity index (χ3v) is 2.43. The van der Waals surface area contributed by atoms with Gasteiger partial charge >= 0.3 is 6.03 Å². The van der Waals surface area contributed by atoms with Crippen molar-refractivity contribution in [1.29, 1.82) is 0 Å². The number of carbonyl (C=O) groups excluding carboxylic acids is 2. The number of aromatic nitrogens is 3. The average molecular weight is 254 g/mol. The van der Waals surface area contributed by atoms with E-state index in [4.69, 9.17) is 5.73 Å². The molecule has 3 amide bonds. The Balaban J connectivity index is 2.60. The lowest BCUT2D eigenvalue weighted by atomic mass is 10.2. The first-order valence-electron chi connectivity index (χ1n) is 5.71. The maximum atomic E-state index is 11.7. The van der Waals surface area contributed by atoms with Gasteiger partial charge in [-0.2, -0.15) is 0 Å². The molecule has 1 aromatic rings. The molecule has 0 saturated carbocycles. The number of hydrogen-bond donors (Lipinski definition) is 3. The molecule has 1 heterocycles. The molecule has 0 aliphatic carbocycles. The molecule has 0 spiro atoms. The number of rotatable bonds is 5. The van der Waals surface area contributed by atoms with E-state index in [0.29, 0.717) is 6.54 Å². The first-order valence-corrected chi connectivity index (χ1v) is 5.71. The van der Waals surface area contributed by atoms with Crippen LogP contribution in [0.5, 0.6) is 0 Å². The van der Waals surface area contributed by atoms with E-state index in [2.05, 4.69) is 20.9 Å². The van der Waals surface area contributed by atoms with Crippen LogP contribution in [0.1, 0.15) is 25.1 Å². The lowest BCUT2D eigenvalue weighted by molar-refractivity contribution is -0.123. The number of urea groups is 1. The predicted molar refractivity (Wildman–Crippen MR) is 64.7 cm³/mol. The molecule has 0 saturated heterocycles. The monoisotopic (exact) mass is 254 g/mol. The van der Waals surface area contributed by atoms with Gasteiger partial charge in [0.2, 0.25) is 0 Å². The van der Waals surface area contributed by atoms with Gasteiger partial charge in [-0.1, -0.05) is 5.21 Å². The van der Waals surface area contributed by atoms with Crippen LogP contribution in [-0.2, 0) is 11.2 Å². The van der Waals surface area contributed by atoms with Crippen molar-refractivity contribution in [2.45, 2.75) is 25.8 Å². The zero-order valence-electron chi connectivity index (χ0n) is 10.5. The maximum Gasteiger partial charge on any atom is 0.321 e. The van der Waals surface area contributed by atoms with Gasteiger partial charge in [0.05, 0.1) is 5.69 Å². The molecule has 1 atom stereocenters. The summed E-state index contributed by atoms with van der Waals surface area (Å²) in [7, 11) is 1.44. The second kappa shape index (κ2) is 6.70. The van der Waals surface area contributed by atoms with Crippen LogP contribution in [0.4, 0.5) is 4.79 Å². The molecule has 1 unspecified atom stereocenters. The first-order chi connectivity index (χ1) is 8.58. The summed E-state index contributed by atoms with van der Waals surface area (Å²) in [6.07, 6.45) is 3.22. The lowest BCUT2D eigenvalue weighted by Gasteiger charge is -2.10. The van der Waals surface area contributed by atoms with E-state index < -0.39 is 18.0 Å². The summed E-state index contributed by atoms with van der Waals surface area (Å²) in [4.78, 5) is 22.7. The number of nitrogens with one attached hydrogen (secondary N) is 2. The quantitative estimate of drug-likeness (QED) is 0.635.